The van der Waals surface area contributed by atoms with E-state index in [2.05, 4.69) is 14.9 Å². The van der Waals surface area contributed by atoms with Gasteiger partial charge in [0.25, 0.3) is 0 Å². The van der Waals surface area contributed by atoms with Crippen LogP contribution in [0.1, 0.15) is 0 Å². The highest BCUT2D eigenvalue weighted by molar-refractivity contribution is 6.65. The van der Waals surface area contributed by atoms with E-state index in [4.69, 9.17) is 5.73 Å². The lowest BCUT2D eigenvalue weighted by atomic mass is 9.63. The Labute approximate surface area is 141 Å². The Morgan fingerprint density at radius 1 is 1.24 bits per heavy atom. The Kier molecular flexibility index (Phi) is 4.50. The SMILES string of the molecule is CB(O)c1ccc(OC(F)F)c(-c2ccc3c(N)cnnc3c2)c1F. The van der Waals surface area contributed by atoms with Crippen molar-refractivity contribution in [3.63, 3.8) is 0 Å². The van der Waals surface area contributed by atoms with Crippen molar-refractivity contribution in [2.75, 3.05) is 5.73 Å². The zero-order chi connectivity index (χ0) is 18.1. The van der Waals surface area contributed by atoms with Crippen LogP contribution in [-0.4, -0.2) is 28.7 Å². The van der Waals surface area contributed by atoms with E-state index in [9.17, 15) is 18.2 Å². The van der Waals surface area contributed by atoms with E-state index < -0.39 is 19.3 Å². The minimum absolute atomic E-state index is 0.0321. The van der Waals surface area contributed by atoms with Crippen LogP contribution in [0.25, 0.3) is 22.0 Å². The number of hydrogen-bond donors (Lipinski definition) is 2. The first-order chi connectivity index (χ1) is 11.9. The van der Waals surface area contributed by atoms with E-state index in [1.165, 1.54) is 37.3 Å². The van der Waals surface area contributed by atoms with Gasteiger partial charge in [0.15, 0.2) is 0 Å². The van der Waals surface area contributed by atoms with Crippen LogP contribution in [0, 0.1) is 5.82 Å². The molecule has 0 radical (unpaired) electrons. The van der Waals surface area contributed by atoms with Gasteiger partial charge >= 0.3 is 13.5 Å². The Morgan fingerprint density at radius 2 is 2.00 bits per heavy atom. The number of nitrogen functional groups attached to an aromatic ring is 1. The predicted molar refractivity (Wildman–Crippen MR) is 89.4 cm³/mol. The molecule has 9 heteroatoms. The predicted octanol–water partition coefficient (Wildman–Crippen LogP) is 2.44. The number of nitrogens with two attached hydrogens (primary N) is 1. The number of ether oxygens (including phenoxy) is 1. The summed E-state index contributed by atoms with van der Waals surface area (Å²) in [5.41, 5.74) is 6.60. The van der Waals surface area contributed by atoms with Crippen LogP contribution in [0.2, 0.25) is 6.82 Å². The Balaban J connectivity index is 2.25. The number of anilines is 1. The molecular weight excluding hydrogens is 334 g/mol. The van der Waals surface area contributed by atoms with Crippen molar-refractivity contribution < 1.29 is 22.9 Å². The van der Waals surface area contributed by atoms with Crippen molar-refractivity contribution in [2.24, 2.45) is 0 Å². The number of alkyl halides is 2. The molecule has 0 unspecified atom stereocenters. The molecule has 1 aromatic heterocycles. The third kappa shape index (κ3) is 3.23. The summed E-state index contributed by atoms with van der Waals surface area (Å²) in [7, 11) is 0. The molecule has 2 aromatic carbocycles. The number of nitrogens with zero attached hydrogens (tertiary/aromatic N) is 2. The van der Waals surface area contributed by atoms with Crippen molar-refractivity contribution >= 4 is 29.0 Å². The highest BCUT2D eigenvalue weighted by atomic mass is 19.3. The lowest BCUT2D eigenvalue weighted by Gasteiger charge is -2.15. The van der Waals surface area contributed by atoms with Crippen LogP contribution in [0.4, 0.5) is 18.9 Å². The molecule has 0 fully saturated rings. The van der Waals surface area contributed by atoms with Gasteiger partial charge in [-0.3, -0.25) is 0 Å². The van der Waals surface area contributed by atoms with Gasteiger partial charge in [0.05, 0.1) is 23.0 Å². The molecule has 0 bridgehead atoms. The summed E-state index contributed by atoms with van der Waals surface area (Å²) < 4.78 is 44.6. The number of aromatic nitrogens is 2. The van der Waals surface area contributed by atoms with Crippen molar-refractivity contribution in [3.8, 4) is 16.9 Å². The molecule has 3 rings (SSSR count). The fraction of sp³-hybridized carbons (Fsp3) is 0.125. The molecule has 25 heavy (non-hydrogen) atoms. The van der Waals surface area contributed by atoms with Gasteiger partial charge in [-0.2, -0.15) is 19.0 Å². The molecular formula is C16H13BF3N3O2. The topological polar surface area (TPSA) is 81.3 Å². The van der Waals surface area contributed by atoms with Crippen LogP contribution in [-0.2, 0) is 0 Å². The first-order valence-electron chi connectivity index (χ1n) is 7.35. The first-order valence-corrected chi connectivity index (χ1v) is 7.35. The van der Waals surface area contributed by atoms with Crippen LogP contribution >= 0.6 is 0 Å². The smallest absolute Gasteiger partial charge is 0.387 e. The van der Waals surface area contributed by atoms with Crippen LogP contribution in [0.5, 0.6) is 5.75 Å². The lowest BCUT2D eigenvalue weighted by molar-refractivity contribution is -0.0495. The molecule has 0 saturated heterocycles. The average molecular weight is 347 g/mol. The van der Waals surface area contributed by atoms with E-state index in [1.54, 1.807) is 6.07 Å². The maximum Gasteiger partial charge on any atom is 0.387 e. The second-order valence-corrected chi connectivity index (χ2v) is 5.43. The van der Waals surface area contributed by atoms with E-state index in [0.29, 0.717) is 16.6 Å². The van der Waals surface area contributed by atoms with Gasteiger partial charge in [-0.1, -0.05) is 19.0 Å². The van der Waals surface area contributed by atoms with E-state index in [-0.39, 0.29) is 22.3 Å². The highest BCUT2D eigenvalue weighted by Gasteiger charge is 2.22. The highest BCUT2D eigenvalue weighted by Crippen LogP contribution is 2.35. The molecule has 3 aromatic rings. The molecule has 0 spiro atoms. The second kappa shape index (κ2) is 6.60. The van der Waals surface area contributed by atoms with Crippen molar-refractivity contribution in [1.82, 2.24) is 10.2 Å². The van der Waals surface area contributed by atoms with E-state index in [1.807, 2.05) is 0 Å². The van der Waals surface area contributed by atoms with Crippen LogP contribution < -0.4 is 15.9 Å². The summed E-state index contributed by atoms with van der Waals surface area (Å²) in [6.45, 7) is -2.86. The molecule has 1 heterocycles. The number of benzene rings is 2. The number of fused-ring (bicyclic) bond motifs is 1. The molecule has 0 aliphatic rings. The Bertz CT molecular complexity index is 938. The zero-order valence-electron chi connectivity index (χ0n) is 13.1. The normalized spacial score (nSPS) is 11.1. The van der Waals surface area contributed by atoms with E-state index >= 15 is 0 Å². The van der Waals surface area contributed by atoms with Gasteiger partial charge < -0.3 is 15.5 Å². The Morgan fingerprint density at radius 3 is 2.68 bits per heavy atom. The standard InChI is InChI=1S/C16H13BF3N3O2/c1-17(24)10-4-5-13(25-16(19)20)14(15(10)18)8-2-3-9-11(21)7-22-23-12(9)6-8/h2-7,16,24H,1H3,(H2,21,23). The summed E-state index contributed by atoms with van der Waals surface area (Å²) >= 11 is 0. The summed E-state index contributed by atoms with van der Waals surface area (Å²) in [6.07, 6.45) is 1.38. The minimum atomic E-state index is -3.12. The Hall–Kier alpha value is -2.81. The fourth-order valence-corrected chi connectivity index (χ4v) is 2.60. The van der Waals surface area contributed by atoms with Crippen molar-refractivity contribution in [2.45, 2.75) is 13.4 Å². The van der Waals surface area contributed by atoms with Crippen LogP contribution in [0.3, 0.4) is 0 Å². The number of rotatable bonds is 4. The largest absolute Gasteiger partial charge is 0.446 e. The molecule has 0 aliphatic heterocycles. The van der Waals surface area contributed by atoms with Gasteiger partial charge in [0.2, 0.25) is 0 Å². The van der Waals surface area contributed by atoms with Gasteiger partial charge in [0, 0.05) is 5.39 Å². The lowest BCUT2D eigenvalue weighted by Crippen LogP contribution is -2.30. The molecule has 0 amide bonds. The summed E-state index contributed by atoms with van der Waals surface area (Å²) in [6, 6.07) is 6.99. The zero-order valence-corrected chi connectivity index (χ0v) is 13.1. The summed E-state index contributed by atoms with van der Waals surface area (Å²) in [4.78, 5) is 0. The maximum atomic E-state index is 14.9. The first kappa shape index (κ1) is 17.0. The van der Waals surface area contributed by atoms with Gasteiger partial charge in [-0.15, -0.1) is 0 Å². The third-order valence-electron chi connectivity index (χ3n) is 3.76. The summed E-state index contributed by atoms with van der Waals surface area (Å²) in [5.74, 6) is -1.18. The molecule has 0 aliphatic carbocycles. The van der Waals surface area contributed by atoms with E-state index in [0.717, 1.165) is 0 Å². The molecule has 5 nitrogen and oxygen atoms in total. The fourth-order valence-electron chi connectivity index (χ4n) is 2.60. The average Bonchev–Trinajstić information content (AvgIpc) is 2.54. The van der Waals surface area contributed by atoms with Gasteiger partial charge in [0.1, 0.15) is 11.6 Å². The van der Waals surface area contributed by atoms with Gasteiger partial charge in [-0.05, 0) is 29.2 Å². The molecule has 0 atom stereocenters. The van der Waals surface area contributed by atoms with Crippen molar-refractivity contribution in [1.29, 1.82) is 0 Å². The number of hydrogen-bond acceptors (Lipinski definition) is 5. The van der Waals surface area contributed by atoms with Crippen LogP contribution in [0.15, 0.2) is 36.5 Å². The molecule has 0 saturated carbocycles. The molecule has 128 valence electrons. The second-order valence-electron chi connectivity index (χ2n) is 5.43. The van der Waals surface area contributed by atoms with Gasteiger partial charge in [-0.25, -0.2) is 4.39 Å². The summed E-state index contributed by atoms with van der Waals surface area (Å²) in [5, 5.41) is 17.9. The monoisotopic (exact) mass is 347 g/mol. The molecule has 3 N–H and O–H groups in total. The minimum Gasteiger partial charge on any atom is -0.446 e. The van der Waals surface area contributed by atoms with Crippen molar-refractivity contribution in [3.05, 3.63) is 42.3 Å². The third-order valence-corrected chi connectivity index (χ3v) is 3.76. The quantitative estimate of drug-likeness (QED) is 0.709. The number of halogens is 3. The maximum absolute atomic E-state index is 14.9.